The second-order valence-electron chi connectivity index (χ2n) is 3.62. The van der Waals surface area contributed by atoms with Gasteiger partial charge in [-0.05, 0) is 30.7 Å². The van der Waals surface area contributed by atoms with Crippen molar-refractivity contribution in [2.45, 2.75) is 13.3 Å². The predicted octanol–water partition coefficient (Wildman–Crippen LogP) is 3.27. The Balaban J connectivity index is 2.19. The van der Waals surface area contributed by atoms with E-state index >= 15 is 0 Å². The number of benzene rings is 2. The van der Waals surface area contributed by atoms with Gasteiger partial charge in [-0.1, -0.05) is 37.3 Å². The highest BCUT2D eigenvalue weighted by Crippen LogP contribution is 2.19. The van der Waals surface area contributed by atoms with E-state index in [2.05, 4.69) is 6.07 Å². The lowest BCUT2D eigenvalue weighted by Gasteiger charge is -2.07. The zero-order valence-corrected chi connectivity index (χ0v) is 9.64. The molecule has 2 heteroatoms. The molecule has 0 spiro atoms. The van der Waals surface area contributed by atoms with Crippen molar-refractivity contribution >= 4 is 5.97 Å². The van der Waals surface area contributed by atoms with E-state index < -0.39 is 0 Å². The molecular weight excluding hydrogens is 212 g/mol. The molecule has 2 aromatic carbocycles. The predicted molar refractivity (Wildman–Crippen MR) is 66.1 cm³/mol. The maximum absolute atomic E-state index is 11.8. The van der Waals surface area contributed by atoms with Crippen LogP contribution in [-0.2, 0) is 6.42 Å². The zero-order chi connectivity index (χ0) is 12.1. The molecule has 0 bridgehead atoms. The van der Waals surface area contributed by atoms with E-state index in [0.717, 1.165) is 12.0 Å². The molecule has 0 fully saturated rings. The monoisotopic (exact) mass is 225 g/mol. The molecule has 2 nitrogen and oxygen atoms in total. The normalized spacial score (nSPS) is 9.94. The topological polar surface area (TPSA) is 26.3 Å². The zero-order valence-electron chi connectivity index (χ0n) is 9.64. The summed E-state index contributed by atoms with van der Waals surface area (Å²) in [7, 11) is 0. The Bertz CT molecular complexity index is 503. The average Bonchev–Trinajstić information content (AvgIpc) is 2.40. The third kappa shape index (κ3) is 2.72. The largest absolute Gasteiger partial charge is 0.423 e. The van der Waals surface area contributed by atoms with Crippen LogP contribution >= 0.6 is 0 Å². The van der Waals surface area contributed by atoms with E-state index in [1.54, 1.807) is 18.2 Å². The Hall–Kier alpha value is -2.09. The lowest BCUT2D eigenvalue weighted by atomic mass is 10.1. The first-order valence-electron chi connectivity index (χ1n) is 5.58. The number of aryl methyl sites for hydroxylation is 1. The van der Waals surface area contributed by atoms with Crippen LogP contribution in [0.5, 0.6) is 5.75 Å². The highest BCUT2D eigenvalue weighted by molar-refractivity contribution is 5.91. The van der Waals surface area contributed by atoms with E-state index in [-0.39, 0.29) is 5.97 Å². The Kier molecular flexibility index (Phi) is 3.55. The van der Waals surface area contributed by atoms with Gasteiger partial charge in [0.05, 0.1) is 5.56 Å². The van der Waals surface area contributed by atoms with E-state index in [1.165, 1.54) is 0 Å². The summed E-state index contributed by atoms with van der Waals surface area (Å²) in [5, 5.41) is 0. The van der Waals surface area contributed by atoms with Crippen LogP contribution in [0.1, 0.15) is 22.8 Å². The molecule has 0 N–H and O–H groups in total. The van der Waals surface area contributed by atoms with Gasteiger partial charge in [0.1, 0.15) is 5.75 Å². The minimum absolute atomic E-state index is 0.333. The van der Waals surface area contributed by atoms with Crippen molar-refractivity contribution in [3.05, 3.63) is 65.7 Å². The molecule has 17 heavy (non-hydrogen) atoms. The molecule has 2 rings (SSSR count). The summed E-state index contributed by atoms with van der Waals surface area (Å²) in [6.45, 7) is 2.01. The molecule has 0 atom stereocenters. The Morgan fingerprint density at radius 1 is 1.18 bits per heavy atom. The lowest BCUT2D eigenvalue weighted by Crippen LogP contribution is -2.09. The molecule has 0 aliphatic carbocycles. The second-order valence-corrected chi connectivity index (χ2v) is 3.62. The second kappa shape index (κ2) is 5.30. The van der Waals surface area contributed by atoms with Gasteiger partial charge in [0.25, 0.3) is 0 Å². The van der Waals surface area contributed by atoms with Crippen molar-refractivity contribution in [2.75, 3.05) is 0 Å². The van der Waals surface area contributed by atoms with Crippen molar-refractivity contribution < 1.29 is 9.53 Å². The van der Waals surface area contributed by atoms with Gasteiger partial charge in [-0.2, -0.15) is 0 Å². The highest BCUT2D eigenvalue weighted by Gasteiger charge is 2.09. The summed E-state index contributed by atoms with van der Waals surface area (Å²) >= 11 is 0. The van der Waals surface area contributed by atoms with Gasteiger partial charge >= 0.3 is 5.97 Å². The number of rotatable bonds is 3. The van der Waals surface area contributed by atoms with Crippen molar-refractivity contribution in [3.8, 4) is 5.75 Å². The van der Waals surface area contributed by atoms with E-state index in [9.17, 15) is 4.79 Å². The fourth-order valence-electron chi connectivity index (χ4n) is 1.56. The van der Waals surface area contributed by atoms with Crippen LogP contribution in [-0.4, -0.2) is 5.97 Å². The molecule has 0 aromatic heterocycles. The van der Waals surface area contributed by atoms with Gasteiger partial charge in [0.15, 0.2) is 0 Å². The van der Waals surface area contributed by atoms with Gasteiger partial charge in [0.2, 0.25) is 0 Å². The van der Waals surface area contributed by atoms with Crippen LogP contribution in [0.4, 0.5) is 0 Å². The van der Waals surface area contributed by atoms with Crippen LogP contribution in [0.3, 0.4) is 0 Å². The summed E-state index contributed by atoms with van der Waals surface area (Å²) in [4.78, 5) is 11.8. The first-order chi connectivity index (χ1) is 8.31. The molecule has 1 radical (unpaired) electrons. The summed E-state index contributed by atoms with van der Waals surface area (Å²) in [6.07, 6.45) is 0.790. The molecule has 2 aromatic rings. The van der Waals surface area contributed by atoms with Crippen molar-refractivity contribution in [1.82, 2.24) is 0 Å². The standard InChI is InChI=1S/C15H13O2/c1-2-12-8-6-7-11-14(12)17-15(16)13-9-4-3-5-10-13/h3-7,9-11H,2H2,1H3. The van der Waals surface area contributed by atoms with Gasteiger partial charge < -0.3 is 4.74 Å². The molecule has 0 unspecified atom stereocenters. The summed E-state index contributed by atoms with van der Waals surface area (Å²) < 4.78 is 5.35. The maximum Gasteiger partial charge on any atom is 0.343 e. The van der Waals surface area contributed by atoms with E-state index in [0.29, 0.717) is 11.3 Å². The van der Waals surface area contributed by atoms with Gasteiger partial charge in [-0.3, -0.25) is 0 Å². The van der Waals surface area contributed by atoms with Crippen molar-refractivity contribution in [2.24, 2.45) is 0 Å². The highest BCUT2D eigenvalue weighted by atomic mass is 16.5. The van der Waals surface area contributed by atoms with Crippen LogP contribution in [0, 0.1) is 6.07 Å². The molecule has 0 saturated heterocycles. The van der Waals surface area contributed by atoms with E-state index in [4.69, 9.17) is 4.74 Å². The molecule has 0 aliphatic rings. The molecule has 0 heterocycles. The average molecular weight is 225 g/mol. The van der Waals surface area contributed by atoms with Crippen LogP contribution < -0.4 is 4.74 Å². The summed E-state index contributed by atoms with van der Waals surface area (Å²) in [6, 6.07) is 17.5. The molecular formula is C15H13O2. The number of ether oxygens (including phenoxy) is 1. The molecule has 0 amide bonds. The number of carbonyl (C=O) groups is 1. The van der Waals surface area contributed by atoms with Crippen LogP contribution in [0.25, 0.3) is 0 Å². The smallest absolute Gasteiger partial charge is 0.343 e. The third-order valence-corrected chi connectivity index (χ3v) is 2.46. The van der Waals surface area contributed by atoms with Gasteiger partial charge in [-0.25, -0.2) is 4.79 Å². The fraction of sp³-hybridized carbons (Fsp3) is 0.133. The Morgan fingerprint density at radius 3 is 2.65 bits per heavy atom. The Labute approximate surface area is 101 Å². The van der Waals surface area contributed by atoms with Crippen LogP contribution in [0.15, 0.2) is 48.5 Å². The minimum atomic E-state index is -0.333. The lowest BCUT2D eigenvalue weighted by molar-refractivity contribution is 0.0733. The molecule has 0 aliphatic heterocycles. The van der Waals surface area contributed by atoms with Crippen LogP contribution in [0.2, 0.25) is 0 Å². The first-order valence-corrected chi connectivity index (χ1v) is 5.58. The number of hydrogen-bond donors (Lipinski definition) is 0. The quantitative estimate of drug-likeness (QED) is 0.592. The third-order valence-electron chi connectivity index (χ3n) is 2.46. The SMILES string of the molecule is CCc1[c]cccc1OC(=O)c1ccccc1. The number of carbonyl (C=O) groups excluding carboxylic acids is 1. The number of hydrogen-bond acceptors (Lipinski definition) is 2. The first kappa shape index (κ1) is 11.4. The minimum Gasteiger partial charge on any atom is -0.423 e. The van der Waals surface area contributed by atoms with E-state index in [1.807, 2.05) is 37.3 Å². The number of esters is 1. The Morgan fingerprint density at radius 2 is 1.94 bits per heavy atom. The molecule has 0 saturated carbocycles. The van der Waals surface area contributed by atoms with Gasteiger partial charge in [0, 0.05) is 5.56 Å². The summed E-state index contributed by atoms with van der Waals surface area (Å²) in [5.41, 5.74) is 1.47. The maximum atomic E-state index is 11.8. The van der Waals surface area contributed by atoms with Crippen molar-refractivity contribution in [3.63, 3.8) is 0 Å². The fourth-order valence-corrected chi connectivity index (χ4v) is 1.56. The van der Waals surface area contributed by atoms with Gasteiger partial charge in [-0.15, -0.1) is 0 Å². The summed E-state index contributed by atoms with van der Waals surface area (Å²) in [5.74, 6) is 0.253. The van der Waals surface area contributed by atoms with Crippen molar-refractivity contribution in [1.29, 1.82) is 0 Å². The molecule has 85 valence electrons.